The number of rotatable bonds is 5. The van der Waals surface area contributed by atoms with Gasteiger partial charge in [0.15, 0.2) is 0 Å². The molecule has 2 aliphatic rings. The number of pyridine rings is 1. The zero-order valence-electron chi connectivity index (χ0n) is 21.0. The van der Waals surface area contributed by atoms with Gasteiger partial charge in [0.25, 0.3) is 5.56 Å². The standard InChI is InChI=1S/C27H30N8O2/c1-18-17-34(21-7-5-20(6-8-21)25-31-26(37-32-25)22-4-3-11-29-22)14-15-35(18)27-30-23(16-24(36)33(27)2)19-9-12-28-13-10-19/h5-10,12-13,16,18,22,29H,3-4,11,14-15,17H2,1-2H3/t18-,22?/m1/s1. The van der Waals surface area contributed by atoms with E-state index in [0.717, 1.165) is 55.8 Å². The summed E-state index contributed by atoms with van der Waals surface area (Å²) < 4.78 is 7.13. The van der Waals surface area contributed by atoms with Crippen LogP contribution in [-0.4, -0.2) is 56.9 Å². The summed E-state index contributed by atoms with van der Waals surface area (Å²) in [4.78, 5) is 30.9. The second kappa shape index (κ2) is 9.78. The average molecular weight is 499 g/mol. The SMILES string of the molecule is C[C@@H]1CN(c2ccc(-c3noc(C4CCCN4)n3)cc2)CCN1c1nc(-c2ccncc2)cc(=O)n1C. The number of piperazine rings is 1. The predicted octanol–water partition coefficient (Wildman–Crippen LogP) is 3.03. The van der Waals surface area contributed by atoms with Crippen molar-refractivity contribution in [3.8, 4) is 22.6 Å². The predicted molar refractivity (Wildman–Crippen MR) is 141 cm³/mol. The van der Waals surface area contributed by atoms with Crippen LogP contribution in [0.3, 0.4) is 0 Å². The highest BCUT2D eigenvalue weighted by Crippen LogP contribution is 2.28. The molecule has 4 aromatic rings. The van der Waals surface area contributed by atoms with Crippen LogP contribution >= 0.6 is 0 Å². The van der Waals surface area contributed by atoms with Crippen molar-refractivity contribution in [2.45, 2.75) is 31.8 Å². The van der Waals surface area contributed by atoms with Crippen molar-refractivity contribution in [3.63, 3.8) is 0 Å². The molecule has 0 spiro atoms. The monoisotopic (exact) mass is 498 g/mol. The van der Waals surface area contributed by atoms with E-state index < -0.39 is 0 Å². The smallest absolute Gasteiger partial charge is 0.255 e. The quantitative estimate of drug-likeness (QED) is 0.444. The summed E-state index contributed by atoms with van der Waals surface area (Å²) in [5.74, 6) is 1.97. The highest BCUT2D eigenvalue weighted by atomic mass is 16.5. The Morgan fingerprint density at radius 1 is 1.03 bits per heavy atom. The largest absolute Gasteiger partial charge is 0.368 e. The van der Waals surface area contributed by atoms with Crippen LogP contribution in [-0.2, 0) is 7.05 Å². The van der Waals surface area contributed by atoms with Crippen molar-refractivity contribution in [2.75, 3.05) is 36.0 Å². The van der Waals surface area contributed by atoms with Crippen molar-refractivity contribution in [1.29, 1.82) is 0 Å². The summed E-state index contributed by atoms with van der Waals surface area (Å²) in [6.45, 7) is 5.55. The van der Waals surface area contributed by atoms with Crippen LogP contribution in [0.25, 0.3) is 22.6 Å². The van der Waals surface area contributed by atoms with Gasteiger partial charge in [-0.3, -0.25) is 14.3 Å². The topological polar surface area (TPSA) is 105 Å². The Labute approximate surface area is 215 Å². The van der Waals surface area contributed by atoms with Gasteiger partial charge in [0.1, 0.15) is 0 Å². The Bertz CT molecular complexity index is 1430. The number of aromatic nitrogens is 5. The van der Waals surface area contributed by atoms with Gasteiger partial charge < -0.3 is 19.6 Å². The Morgan fingerprint density at radius 2 is 1.84 bits per heavy atom. The second-order valence-corrected chi connectivity index (χ2v) is 9.71. The molecule has 0 aliphatic carbocycles. The minimum Gasteiger partial charge on any atom is -0.368 e. The highest BCUT2D eigenvalue weighted by molar-refractivity contribution is 5.62. The lowest BCUT2D eigenvalue weighted by molar-refractivity contribution is 0.345. The molecule has 1 unspecified atom stereocenters. The normalized spacial score (nSPS) is 19.9. The number of nitrogens with one attached hydrogen (secondary N) is 1. The minimum atomic E-state index is -0.0737. The lowest BCUT2D eigenvalue weighted by atomic mass is 10.1. The number of nitrogens with zero attached hydrogens (tertiary/aromatic N) is 7. The Balaban J connectivity index is 1.17. The minimum absolute atomic E-state index is 0.0737. The summed E-state index contributed by atoms with van der Waals surface area (Å²) in [5.41, 5.74) is 3.56. The zero-order chi connectivity index (χ0) is 25.4. The van der Waals surface area contributed by atoms with Gasteiger partial charge in [0, 0.05) is 68.0 Å². The lowest BCUT2D eigenvalue weighted by Crippen LogP contribution is -2.53. The molecule has 0 amide bonds. The molecule has 2 aliphatic heterocycles. The van der Waals surface area contributed by atoms with Crippen molar-refractivity contribution in [2.24, 2.45) is 7.05 Å². The van der Waals surface area contributed by atoms with Crippen molar-refractivity contribution >= 4 is 11.6 Å². The number of hydrogen-bond donors (Lipinski definition) is 1. The molecule has 3 aromatic heterocycles. The first-order chi connectivity index (χ1) is 18.1. The van der Waals surface area contributed by atoms with Crippen molar-refractivity contribution in [3.05, 3.63) is 71.1 Å². The second-order valence-electron chi connectivity index (χ2n) is 9.71. The molecule has 5 heterocycles. The third-order valence-electron chi connectivity index (χ3n) is 7.26. The van der Waals surface area contributed by atoms with Gasteiger partial charge in [-0.15, -0.1) is 0 Å². The van der Waals surface area contributed by atoms with E-state index in [-0.39, 0.29) is 17.6 Å². The molecule has 6 rings (SSSR count). The molecular weight excluding hydrogens is 468 g/mol. The van der Waals surface area contributed by atoms with Gasteiger partial charge in [-0.2, -0.15) is 4.98 Å². The fourth-order valence-corrected chi connectivity index (χ4v) is 5.15. The summed E-state index contributed by atoms with van der Waals surface area (Å²) in [7, 11) is 1.78. The van der Waals surface area contributed by atoms with Crippen molar-refractivity contribution in [1.82, 2.24) is 30.0 Å². The molecule has 37 heavy (non-hydrogen) atoms. The number of benzene rings is 1. The first-order valence-electron chi connectivity index (χ1n) is 12.7. The number of anilines is 2. The van der Waals surface area contributed by atoms with Crippen molar-refractivity contribution < 1.29 is 4.52 Å². The van der Waals surface area contributed by atoms with E-state index in [2.05, 4.69) is 49.3 Å². The highest BCUT2D eigenvalue weighted by Gasteiger charge is 2.27. The molecule has 10 nitrogen and oxygen atoms in total. The van der Waals surface area contributed by atoms with E-state index in [1.165, 1.54) is 0 Å². The van der Waals surface area contributed by atoms with E-state index in [1.807, 2.05) is 24.3 Å². The molecule has 2 saturated heterocycles. The Hall–Kier alpha value is -4.05. The van der Waals surface area contributed by atoms with E-state index in [9.17, 15) is 4.79 Å². The van der Waals surface area contributed by atoms with E-state index in [4.69, 9.17) is 9.51 Å². The molecule has 10 heteroatoms. The third-order valence-corrected chi connectivity index (χ3v) is 7.26. The fraction of sp³-hybridized carbons (Fsp3) is 0.370. The van der Waals surface area contributed by atoms with Gasteiger partial charge >= 0.3 is 0 Å². The van der Waals surface area contributed by atoms with Crippen LogP contribution in [0.5, 0.6) is 0 Å². The summed E-state index contributed by atoms with van der Waals surface area (Å²) in [6, 6.07) is 14.0. The van der Waals surface area contributed by atoms with E-state index >= 15 is 0 Å². The van der Waals surface area contributed by atoms with E-state index in [1.54, 1.807) is 30.1 Å². The lowest BCUT2D eigenvalue weighted by Gasteiger charge is -2.42. The van der Waals surface area contributed by atoms with Gasteiger partial charge in [-0.05, 0) is 62.7 Å². The first-order valence-corrected chi connectivity index (χ1v) is 12.7. The molecule has 2 fully saturated rings. The van der Waals surface area contributed by atoms with Gasteiger partial charge in [-0.25, -0.2) is 4.98 Å². The Kier molecular flexibility index (Phi) is 6.17. The maximum absolute atomic E-state index is 12.7. The molecule has 1 N–H and O–H groups in total. The molecule has 1 aromatic carbocycles. The number of hydrogen-bond acceptors (Lipinski definition) is 9. The van der Waals surface area contributed by atoms with E-state index in [0.29, 0.717) is 23.4 Å². The molecule has 0 bridgehead atoms. The van der Waals surface area contributed by atoms with Crippen LogP contribution in [0.2, 0.25) is 0 Å². The van der Waals surface area contributed by atoms with Gasteiger partial charge in [0.05, 0.1) is 11.7 Å². The molecule has 0 radical (unpaired) electrons. The molecule has 2 atom stereocenters. The maximum Gasteiger partial charge on any atom is 0.255 e. The average Bonchev–Trinajstić information content (AvgIpc) is 3.64. The Morgan fingerprint density at radius 3 is 2.57 bits per heavy atom. The van der Waals surface area contributed by atoms with Crippen LogP contribution in [0.4, 0.5) is 11.6 Å². The van der Waals surface area contributed by atoms with Gasteiger partial charge in [0.2, 0.25) is 17.7 Å². The summed E-state index contributed by atoms with van der Waals surface area (Å²) in [5, 5.41) is 7.58. The van der Waals surface area contributed by atoms with Crippen LogP contribution in [0, 0.1) is 0 Å². The zero-order valence-corrected chi connectivity index (χ0v) is 21.0. The molecule has 0 saturated carbocycles. The maximum atomic E-state index is 12.7. The molecular formula is C27H30N8O2. The first kappa shape index (κ1) is 23.4. The van der Waals surface area contributed by atoms with Crippen LogP contribution in [0.1, 0.15) is 31.7 Å². The fourth-order valence-electron chi connectivity index (χ4n) is 5.15. The molecule has 190 valence electrons. The summed E-state index contributed by atoms with van der Waals surface area (Å²) >= 11 is 0. The van der Waals surface area contributed by atoms with Crippen LogP contribution in [0.15, 0.2) is 64.2 Å². The summed E-state index contributed by atoms with van der Waals surface area (Å²) in [6.07, 6.45) is 5.59. The van der Waals surface area contributed by atoms with Crippen LogP contribution < -0.4 is 20.7 Å². The third kappa shape index (κ3) is 4.60. The van der Waals surface area contributed by atoms with Gasteiger partial charge in [-0.1, -0.05) is 5.16 Å².